The number of ether oxygens (including phenoxy) is 2. The first-order chi connectivity index (χ1) is 13.1. The van der Waals surface area contributed by atoms with E-state index in [2.05, 4.69) is 35.0 Å². The summed E-state index contributed by atoms with van der Waals surface area (Å²) in [6.07, 6.45) is 1.94. The summed E-state index contributed by atoms with van der Waals surface area (Å²) in [7, 11) is 1.69. The van der Waals surface area contributed by atoms with Crippen LogP contribution >= 0.6 is 11.8 Å². The Balaban J connectivity index is 1.73. The third kappa shape index (κ3) is 3.50. The average Bonchev–Trinajstić information content (AvgIpc) is 3.18. The normalized spacial score (nSPS) is 24.1. The highest BCUT2D eigenvalue weighted by molar-refractivity contribution is 8.14. The van der Waals surface area contributed by atoms with Crippen molar-refractivity contribution in [3.05, 3.63) is 53.9 Å². The zero-order chi connectivity index (χ0) is 19.0. The number of methoxy groups -OCH3 is 1. The largest absolute Gasteiger partial charge is 0.493 e. The van der Waals surface area contributed by atoms with Gasteiger partial charge in [-0.05, 0) is 43.7 Å². The molecule has 2 aliphatic rings. The van der Waals surface area contributed by atoms with E-state index in [1.54, 1.807) is 7.11 Å². The van der Waals surface area contributed by atoms with E-state index in [0.717, 1.165) is 28.9 Å². The van der Waals surface area contributed by atoms with Gasteiger partial charge in [-0.25, -0.2) is 0 Å². The highest BCUT2D eigenvalue weighted by Gasteiger charge is 2.43. The van der Waals surface area contributed by atoms with Crippen molar-refractivity contribution in [2.24, 2.45) is 4.99 Å². The summed E-state index contributed by atoms with van der Waals surface area (Å²) in [4.78, 5) is 12.0. The van der Waals surface area contributed by atoms with Crippen molar-refractivity contribution in [2.75, 3.05) is 13.7 Å². The minimum absolute atomic E-state index is 0.0113. The van der Waals surface area contributed by atoms with Gasteiger partial charge in [-0.15, -0.1) is 0 Å². The van der Waals surface area contributed by atoms with Crippen LogP contribution in [0, 0.1) is 0 Å². The SMILES string of the molecule is COc1cc([C@@H]2[C@H](c3ccccn3)N=C3S[C@@H](C)CN32)ccc1OC(C)C. The molecular weight excluding hydrogens is 358 g/mol. The third-order valence-electron chi connectivity index (χ3n) is 4.77. The van der Waals surface area contributed by atoms with E-state index in [0.29, 0.717) is 5.25 Å². The molecule has 0 aliphatic carbocycles. The zero-order valence-corrected chi connectivity index (χ0v) is 16.9. The van der Waals surface area contributed by atoms with Gasteiger partial charge in [0.05, 0.1) is 24.9 Å². The molecule has 27 heavy (non-hydrogen) atoms. The lowest BCUT2D eigenvalue weighted by Gasteiger charge is -2.28. The fourth-order valence-corrected chi connectivity index (χ4v) is 4.79. The van der Waals surface area contributed by atoms with E-state index in [-0.39, 0.29) is 18.2 Å². The van der Waals surface area contributed by atoms with Gasteiger partial charge in [0.15, 0.2) is 16.7 Å². The van der Waals surface area contributed by atoms with E-state index in [1.807, 2.05) is 50.0 Å². The molecule has 1 aromatic heterocycles. The minimum Gasteiger partial charge on any atom is -0.493 e. The Morgan fingerprint density at radius 1 is 1.19 bits per heavy atom. The highest BCUT2D eigenvalue weighted by atomic mass is 32.2. The quantitative estimate of drug-likeness (QED) is 0.762. The molecule has 0 bridgehead atoms. The van der Waals surface area contributed by atoms with Crippen LogP contribution < -0.4 is 9.47 Å². The standard InChI is InChI=1S/C21H25N3O2S/c1-13(2)26-17-9-8-15(11-18(17)25-4)20-19(16-7-5-6-10-22-16)23-21-24(20)12-14(3)27-21/h5-11,13-14,19-20H,12H2,1-4H3/t14-,19-,20+/m0/s1. The molecule has 4 rings (SSSR count). The van der Waals surface area contributed by atoms with Crippen LogP contribution in [0.15, 0.2) is 47.6 Å². The van der Waals surface area contributed by atoms with E-state index < -0.39 is 0 Å². The van der Waals surface area contributed by atoms with Crippen LogP contribution in [0.2, 0.25) is 0 Å². The van der Waals surface area contributed by atoms with Crippen molar-refractivity contribution in [1.29, 1.82) is 0 Å². The Hall–Kier alpha value is -2.21. The first kappa shape index (κ1) is 18.2. The van der Waals surface area contributed by atoms with Crippen LogP contribution in [0.3, 0.4) is 0 Å². The lowest BCUT2D eigenvalue weighted by molar-refractivity contribution is 0.229. The zero-order valence-electron chi connectivity index (χ0n) is 16.1. The maximum atomic E-state index is 5.89. The fraction of sp³-hybridized carbons (Fsp3) is 0.429. The second-order valence-corrected chi connectivity index (χ2v) is 8.62. The molecule has 2 aliphatic heterocycles. The first-order valence-electron chi connectivity index (χ1n) is 9.33. The molecule has 0 amide bonds. The van der Waals surface area contributed by atoms with Crippen LogP contribution in [0.4, 0.5) is 0 Å². The first-order valence-corrected chi connectivity index (χ1v) is 10.2. The summed E-state index contributed by atoms with van der Waals surface area (Å²) < 4.78 is 11.5. The van der Waals surface area contributed by atoms with Crippen molar-refractivity contribution < 1.29 is 9.47 Å². The van der Waals surface area contributed by atoms with Crippen molar-refractivity contribution >= 4 is 16.9 Å². The molecule has 2 aromatic rings. The van der Waals surface area contributed by atoms with Crippen LogP contribution in [0.25, 0.3) is 0 Å². The van der Waals surface area contributed by atoms with Crippen molar-refractivity contribution in [3.63, 3.8) is 0 Å². The second-order valence-electron chi connectivity index (χ2n) is 7.21. The predicted molar refractivity (Wildman–Crippen MR) is 110 cm³/mol. The smallest absolute Gasteiger partial charge is 0.161 e. The van der Waals surface area contributed by atoms with Gasteiger partial charge < -0.3 is 14.4 Å². The Morgan fingerprint density at radius 2 is 2.04 bits per heavy atom. The monoisotopic (exact) mass is 383 g/mol. The molecule has 5 nitrogen and oxygen atoms in total. The van der Waals surface area contributed by atoms with Crippen LogP contribution in [0.1, 0.15) is 44.1 Å². The van der Waals surface area contributed by atoms with Gasteiger partial charge in [-0.1, -0.05) is 30.8 Å². The number of pyridine rings is 1. The summed E-state index contributed by atoms with van der Waals surface area (Å²) >= 11 is 1.85. The summed E-state index contributed by atoms with van der Waals surface area (Å²) in [5, 5.41) is 1.66. The Bertz CT molecular complexity index is 841. The Kier molecular flexibility index (Phi) is 5.00. The van der Waals surface area contributed by atoms with Gasteiger partial charge >= 0.3 is 0 Å². The average molecular weight is 384 g/mol. The number of amidine groups is 1. The summed E-state index contributed by atoms with van der Waals surface area (Å²) in [5.74, 6) is 1.53. The molecule has 0 saturated carbocycles. The van der Waals surface area contributed by atoms with E-state index in [4.69, 9.17) is 14.5 Å². The number of fused-ring (bicyclic) bond motifs is 1. The Morgan fingerprint density at radius 3 is 2.74 bits per heavy atom. The highest BCUT2D eigenvalue weighted by Crippen LogP contribution is 2.48. The molecule has 6 heteroatoms. The molecule has 3 atom stereocenters. The molecular formula is C21H25N3O2S. The van der Waals surface area contributed by atoms with Gasteiger partial charge in [0, 0.05) is 18.0 Å². The van der Waals surface area contributed by atoms with Crippen LogP contribution in [-0.4, -0.2) is 40.1 Å². The van der Waals surface area contributed by atoms with E-state index in [9.17, 15) is 0 Å². The van der Waals surface area contributed by atoms with E-state index in [1.165, 1.54) is 5.56 Å². The van der Waals surface area contributed by atoms with Crippen molar-refractivity contribution in [2.45, 2.75) is 44.2 Å². The fourth-order valence-electron chi connectivity index (χ4n) is 3.70. The third-order valence-corrected chi connectivity index (χ3v) is 5.88. The van der Waals surface area contributed by atoms with E-state index >= 15 is 0 Å². The van der Waals surface area contributed by atoms with Gasteiger partial charge in [0.1, 0.15) is 6.04 Å². The molecule has 0 spiro atoms. The molecule has 1 fully saturated rings. The number of hydrogen-bond acceptors (Lipinski definition) is 6. The molecule has 0 radical (unpaired) electrons. The maximum absolute atomic E-state index is 5.89. The van der Waals surface area contributed by atoms with Gasteiger partial charge in [-0.3, -0.25) is 9.98 Å². The lowest BCUT2D eigenvalue weighted by Crippen LogP contribution is -2.28. The minimum atomic E-state index is -0.0113. The summed E-state index contributed by atoms with van der Waals surface area (Å²) in [5.41, 5.74) is 2.17. The molecule has 0 unspecified atom stereocenters. The molecule has 1 saturated heterocycles. The summed E-state index contributed by atoms with van der Waals surface area (Å²) in [6, 6.07) is 12.4. The number of aliphatic imine (C=N–C) groups is 1. The number of thioether (sulfide) groups is 1. The van der Waals surface area contributed by atoms with Crippen LogP contribution in [0.5, 0.6) is 11.5 Å². The second kappa shape index (κ2) is 7.43. The van der Waals surface area contributed by atoms with Crippen LogP contribution in [-0.2, 0) is 0 Å². The van der Waals surface area contributed by atoms with Gasteiger partial charge in [0.25, 0.3) is 0 Å². The number of aromatic nitrogens is 1. The number of rotatable bonds is 5. The molecule has 3 heterocycles. The molecule has 0 N–H and O–H groups in total. The van der Waals surface area contributed by atoms with Gasteiger partial charge in [0.2, 0.25) is 0 Å². The molecule has 142 valence electrons. The molecule has 1 aromatic carbocycles. The predicted octanol–water partition coefficient (Wildman–Crippen LogP) is 4.47. The van der Waals surface area contributed by atoms with Gasteiger partial charge in [-0.2, -0.15) is 0 Å². The Labute approximate surface area is 164 Å². The maximum Gasteiger partial charge on any atom is 0.161 e. The van der Waals surface area contributed by atoms with Crippen molar-refractivity contribution in [3.8, 4) is 11.5 Å². The number of hydrogen-bond donors (Lipinski definition) is 0. The lowest BCUT2D eigenvalue weighted by atomic mass is 9.96. The summed E-state index contributed by atoms with van der Waals surface area (Å²) in [6.45, 7) is 7.28. The number of benzene rings is 1. The van der Waals surface area contributed by atoms with Crippen molar-refractivity contribution in [1.82, 2.24) is 9.88 Å². The topological polar surface area (TPSA) is 47.0 Å². The number of nitrogens with zero attached hydrogens (tertiary/aromatic N) is 3.